The Labute approximate surface area is 165 Å². The highest BCUT2D eigenvalue weighted by Gasteiger charge is 2.33. The molecule has 2 amide bonds. The van der Waals surface area contributed by atoms with E-state index >= 15 is 0 Å². The lowest BCUT2D eigenvalue weighted by molar-refractivity contribution is -0.141. The van der Waals surface area contributed by atoms with E-state index in [-0.39, 0.29) is 11.3 Å². The number of alkyl halides is 3. The van der Waals surface area contributed by atoms with Crippen molar-refractivity contribution in [1.29, 1.82) is 0 Å². The number of hydrogen-bond donors (Lipinski definition) is 2. The molecule has 0 bridgehead atoms. The lowest BCUT2D eigenvalue weighted by Crippen LogP contribution is -2.47. The van der Waals surface area contributed by atoms with Crippen LogP contribution in [-0.2, 0) is 11.0 Å². The predicted octanol–water partition coefficient (Wildman–Crippen LogP) is 3.04. The Morgan fingerprint density at radius 3 is 2.24 bits per heavy atom. The molecule has 0 fully saturated rings. The van der Waals surface area contributed by atoms with Crippen LogP contribution in [0.2, 0.25) is 0 Å². The van der Waals surface area contributed by atoms with Crippen LogP contribution in [0.25, 0.3) is 0 Å². The molecule has 0 aliphatic heterocycles. The number of benzene rings is 1. The smallest absolute Gasteiger partial charge is 0.433 e. The number of hydrazine groups is 1. The third kappa shape index (κ3) is 6.09. The molecule has 29 heavy (non-hydrogen) atoms. The summed E-state index contributed by atoms with van der Waals surface area (Å²) in [4.78, 5) is 27.6. The van der Waals surface area contributed by atoms with E-state index in [4.69, 9.17) is 9.47 Å². The third-order valence-corrected chi connectivity index (χ3v) is 3.74. The van der Waals surface area contributed by atoms with E-state index in [2.05, 4.69) is 15.8 Å². The summed E-state index contributed by atoms with van der Waals surface area (Å²) in [5.41, 5.74) is 2.97. The van der Waals surface area contributed by atoms with Crippen molar-refractivity contribution in [3.8, 4) is 11.5 Å². The summed E-state index contributed by atoms with van der Waals surface area (Å²) in [5.74, 6) is -0.370. The summed E-state index contributed by atoms with van der Waals surface area (Å²) in [6, 6.07) is 8.32. The molecule has 2 rings (SSSR count). The van der Waals surface area contributed by atoms with Gasteiger partial charge in [-0.3, -0.25) is 20.4 Å². The number of nitrogens with one attached hydrogen (secondary N) is 2. The Morgan fingerprint density at radius 2 is 1.69 bits per heavy atom. The molecule has 0 saturated carbocycles. The number of carbonyl (C=O) groups is 2. The van der Waals surface area contributed by atoms with Crippen LogP contribution in [0, 0.1) is 6.92 Å². The normalized spacial score (nSPS) is 12.1. The third-order valence-electron chi connectivity index (χ3n) is 3.74. The van der Waals surface area contributed by atoms with Gasteiger partial charge in [-0.2, -0.15) is 13.2 Å². The maximum absolute atomic E-state index is 12.6. The van der Waals surface area contributed by atoms with Gasteiger partial charge in [0.1, 0.15) is 17.2 Å². The van der Waals surface area contributed by atoms with E-state index in [0.717, 1.165) is 6.07 Å². The first-order chi connectivity index (χ1) is 13.6. The second-order valence-electron chi connectivity index (χ2n) is 5.94. The fourth-order valence-electron chi connectivity index (χ4n) is 2.28. The first-order valence-electron chi connectivity index (χ1n) is 8.66. The van der Waals surface area contributed by atoms with Crippen molar-refractivity contribution >= 4 is 11.8 Å². The van der Waals surface area contributed by atoms with Gasteiger partial charge in [0.15, 0.2) is 6.10 Å². The van der Waals surface area contributed by atoms with Gasteiger partial charge >= 0.3 is 6.18 Å². The van der Waals surface area contributed by atoms with Gasteiger partial charge in [0, 0.05) is 0 Å². The predicted molar refractivity (Wildman–Crippen MR) is 97.3 cm³/mol. The fraction of sp³-hybridized carbons (Fsp3) is 0.316. The molecule has 10 heteroatoms. The van der Waals surface area contributed by atoms with Crippen LogP contribution < -0.4 is 20.3 Å². The van der Waals surface area contributed by atoms with Crippen molar-refractivity contribution in [3.63, 3.8) is 0 Å². The highest BCUT2D eigenvalue weighted by molar-refractivity contribution is 5.96. The monoisotopic (exact) mass is 411 g/mol. The van der Waals surface area contributed by atoms with Gasteiger partial charge in [0.05, 0.1) is 17.9 Å². The Kier molecular flexibility index (Phi) is 7.03. The van der Waals surface area contributed by atoms with Crippen LogP contribution in [0.5, 0.6) is 11.5 Å². The first kappa shape index (κ1) is 22.0. The number of amides is 2. The SMILES string of the molecule is CCOc1ccc(OC(C)C(=O)NNC(=O)c2ccc(C(F)(F)F)nc2C)cc1. The number of rotatable bonds is 6. The molecule has 0 aliphatic carbocycles. The number of hydrogen-bond acceptors (Lipinski definition) is 5. The summed E-state index contributed by atoms with van der Waals surface area (Å²) >= 11 is 0. The molecule has 0 spiro atoms. The standard InChI is InChI=1S/C19H20F3N3O4/c1-4-28-13-5-7-14(8-6-13)29-12(3)17(26)24-25-18(27)15-9-10-16(19(20,21)22)23-11(15)2/h5-10,12H,4H2,1-3H3,(H,24,26)(H,25,27). The minimum absolute atomic E-state index is 0.0987. The van der Waals surface area contributed by atoms with Crippen LogP contribution in [0.4, 0.5) is 13.2 Å². The summed E-state index contributed by atoms with van der Waals surface area (Å²) in [7, 11) is 0. The average molecular weight is 411 g/mol. The number of aryl methyl sites for hydroxylation is 1. The molecule has 0 aliphatic rings. The van der Waals surface area contributed by atoms with Crippen molar-refractivity contribution in [2.24, 2.45) is 0 Å². The van der Waals surface area contributed by atoms with Crippen molar-refractivity contribution in [2.75, 3.05) is 6.61 Å². The summed E-state index contributed by atoms with van der Waals surface area (Å²) in [6.45, 7) is 5.12. The van der Waals surface area contributed by atoms with E-state index in [9.17, 15) is 22.8 Å². The van der Waals surface area contributed by atoms with E-state index in [1.54, 1.807) is 24.3 Å². The van der Waals surface area contributed by atoms with Crippen LogP contribution in [0.1, 0.15) is 35.6 Å². The number of aromatic nitrogens is 1. The van der Waals surface area contributed by atoms with Gasteiger partial charge < -0.3 is 9.47 Å². The highest BCUT2D eigenvalue weighted by Crippen LogP contribution is 2.28. The van der Waals surface area contributed by atoms with Gasteiger partial charge in [-0.25, -0.2) is 4.98 Å². The lowest BCUT2D eigenvalue weighted by atomic mass is 10.1. The summed E-state index contributed by atoms with van der Waals surface area (Å²) < 4.78 is 48.7. The van der Waals surface area contributed by atoms with Gasteiger partial charge in [-0.1, -0.05) is 0 Å². The van der Waals surface area contributed by atoms with Crippen molar-refractivity contribution in [3.05, 3.63) is 53.3 Å². The minimum atomic E-state index is -4.61. The second kappa shape index (κ2) is 9.26. The molecule has 0 saturated heterocycles. The van der Waals surface area contributed by atoms with Gasteiger partial charge in [-0.15, -0.1) is 0 Å². The summed E-state index contributed by atoms with van der Waals surface area (Å²) in [6.07, 6.45) is -5.55. The number of nitrogens with zero attached hydrogens (tertiary/aromatic N) is 1. The van der Waals surface area contributed by atoms with Crippen molar-refractivity contribution in [2.45, 2.75) is 33.1 Å². The minimum Gasteiger partial charge on any atom is -0.494 e. The van der Waals surface area contributed by atoms with Gasteiger partial charge in [0.25, 0.3) is 11.8 Å². The zero-order valence-electron chi connectivity index (χ0n) is 16.0. The zero-order valence-corrected chi connectivity index (χ0v) is 16.0. The molecular formula is C19H20F3N3O4. The number of carbonyl (C=O) groups excluding carboxylic acids is 2. The molecule has 156 valence electrons. The van der Waals surface area contributed by atoms with E-state index in [1.165, 1.54) is 13.8 Å². The number of pyridine rings is 1. The first-order valence-corrected chi connectivity index (χ1v) is 8.66. The Balaban J connectivity index is 1.91. The lowest BCUT2D eigenvalue weighted by Gasteiger charge is -2.16. The quantitative estimate of drug-likeness (QED) is 0.714. The van der Waals surface area contributed by atoms with E-state index in [1.807, 2.05) is 6.92 Å². The van der Waals surface area contributed by atoms with E-state index < -0.39 is 29.8 Å². The molecule has 1 heterocycles. The topological polar surface area (TPSA) is 89.5 Å². The van der Waals surface area contributed by atoms with E-state index in [0.29, 0.717) is 24.2 Å². The fourth-order valence-corrected chi connectivity index (χ4v) is 2.28. The molecule has 1 atom stereocenters. The Bertz CT molecular complexity index is 870. The molecule has 1 aromatic carbocycles. The molecule has 1 aromatic heterocycles. The molecule has 0 radical (unpaired) electrons. The van der Waals surface area contributed by atoms with Crippen LogP contribution in [0.3, 0.4) is 0 Å². The van der Waals surface area contributed by atoms with Gasteiger partial charge in [-0.05, 0) is 57.2 Å². The summed E-state index contributed by atoms with van der Waals surface area (Å²) in [5, 5.41) is 0. The van der Waals surface area contributed by atoms with Gasteiger partial charge in [0.2, 0.25) is 0 Å². The molecular weight excluding hydrogens is 391 g/mol. The average Bonchev–Trinajstić information content (AvgIpc) is 2.66. The van der Waals surface area contributed by atoms with Crippen LogP contribution in [-0.4, -0.2) is 29.5 Å². The molecule has 2 aromatic rings. The highest BCUT2D eigenvalue weighted by atomic mass is 19.4. The largest absolute Gasteiger partial charge is 0.494 e. The van der Waals surface area contributed by atoms with Crippen LogP contribution >= 0.6 is 0 Å². The maximum atomic E-state index is 12.6. The van der Waals surface area contributed by atoms with Crippen molar-refractivity contribution < 1.29 is 32.2 Å². The van der Waals surface area contributed by atoms with Crippen molar-refractivity contribution in [1.82, 2.24) is 15.8 Å². The number of ether oxygens (including phenoxy) is 2. The molecule has 7 nitrogen and oxygen atoms in total. The maximum Gasteiger partial charge on any atom is 0.433 e. The Morgan fingerprint density at radius 1 is 1.07 bits per heavy atom. The number of halogens is 3. The molecule has 2 N–H and O–H groups in total. The van der Waals surface area contributed by atoms with Crippen LogP contribution in [0.15, 0.2) is 36.4 Å². The second-order valence-corrected chi connectivity index (χ2v) is 5.94. The molecule has 1 unspecified atom stereocenters. The zero-order chi connectivity index (χ0) is 21.6. The Hall–Kier alpha value is -3.30.